The minimum Gasteiger partial charge on any atom is -0.395 e. The maximum absolute atomic E-state index is 13.4. The molecule has 1 aromatic heterocycles. The van der Waals surface area contributed by atoms with Crippen LogP contribution in [-0.2, 0) is 6.42 Å². The summed E-state index contributed by atoms with van der Waals surface area (Å²) in [7, 11) is 0. The van der Waals surface area contributed by atoms with E-state index in [1.165, 1.54) is 0 Å². The van der Waals surface area contributed by atoms with Crippen LogP contribution in [0, 0.1) is 17.6 Å². The van der Waals surface area contributed by atoms with E-state index in [0.29, 0.717) is 13.0 Å². The first-order chi connectivity index (χ1) is 10.9. The number of hydrogen-bond donors (Lipinski definition) is 2. The monoisotopic (exact) mass is 339 g/mol. The summed E-state index contributed by atoms with van der Waals surface area (Å²) >= 11 is 5.81. The van der Waals surface area contributed by atoms with Crippen LogP contribution in [0.4, 0.5) is 14.5 Å². The molecule has 122 valence electrons. The Morgan fingerprint density at radius 2 is 2.17 bits per heavy atom. The molecule has 2 aromatic rings. The number of carbonyl (C=O) groups excluding carboxylic acids is 1. The Labute approximate surface area is 137 Å². The van der Waals surface area contributed by atoms with E-state index in [1.54, 1.807) is 6.20 Å². The number of nitrogens with two attached hydrogens (primary N) is 1. The van der Waals surface area contributed by atoms with Crippen molar-refractivity contribution in [3.05, 3.63) is 58.4 Å². The van der Waals surface area contributed by atoms with Crippen molar-refractivity contribution in [1.82, 2.24) is 10.3 Å². The minimum atomic E-state index is -1.25. The number of rotatable bonds is 5. The molecule has 1 unspecified atom stereocenters. The van der Waals surface area contributed by atoms with Gasteiger partial charge in [-0.3, -0.25) is 9.78 Å². The van der Waals surface area contributed by atoms with Crippen LogP contribution in [-0.4, -0.2) is 17.4 Å². The summed E-state index contributed by atoms with van der Waals surface area (Å²) in [6.07, 6.45) is 2.37. The minimum absolute atomic E-state index is 0.107. The first kappa shape index (κ1) is 17.1. The fourth-order valence-electron chi connectivity index (χ4n) is 2.10. The van der Waals surface area contributed by atoms with Gasteiger partial charge in [-0.15, -0.1) is 0 Å². The Hall–Kier alpha value is -2.21. The Balaban J connectivity index is 2.00. The fourth-order valence-corrected chi connectivity index (χ4v) is 2.32. The topological polar surface area (TPSA) is 68.0 Å². The number of nitrogens with one attached hydrogen (secondary N) is 1. The van der Waals surface area contributed by atoms with E-state index in [2.05, 4.69) is 10.3 Å². The van der Waals surface area contributed by atoms with Gasteiger partial charge in [-0.05, 0) is 30.5 Å². The van der Waals surface area contributed by atoms with Crippen LogP contribution < -0.4 is 11.1 Å². The molecule has 3 N–H and O–H groups in total. The molecule has 1 heterocycles. The van der Waals surface area contributed by atoms with Gasteiger partial charge in [-0.25, -0.2) is 8.78 Å². The normalized spacial score (nSPS) is 12.0. The summed E-state index contributed by atoms with van der Waals surface area (Å²) in [6.45, 7) is 2.28. The zero-order chi connectivity index (χ0) is 17.0. The molecule has 7 heteroatoms. The Morgan fingerprint density at radius 3 is 2.83 bits per heavy atom. The average Bonchev–Trinajstić information content (AvgIpc) is 2.55. The predicted molar refractivity (Wildman–Crippen MR) is 85.2 cm³/mol. The number of anilines is 1. The van der Waals surface area contributed by atoms with Gasteiger partial charge in [0.2, 0.25) is 0 Å². The predicted octanol–water partition coefficient (Wildman–Crippen LogP) is 3.20. The van der Waals surface area contributed by atoms with Crippen LogP contribution in [0.1, 0.15) is 23.0 Å². The summed E-state index contributed by atoms with van der Waals surface area (Å²) in [5, 5.41) is 2.35. The van der Waals surface area contributed by atoms with Gasteiger partial charge in [0, 0.05) is 18.4 Å². The number of aromatic nitrogens is 1. The van der Waals surface area contributed by atoms with E-state index >= 15 is 0 Å². The smallest absolute Gasteiger partial charge is 0.252 e. The lowest BCUT2D eigenvalue weighted by molar-refractivity contribution is 0.0947. The summed E-state index contributed by atoms with van der Waals surface area (Å²) in [5.41, 5.74) is 5.49. The second-order valence-electron chi connectivity index (χ2n) is 5.29. The number of benzene rings is 1. The fraction of sp³-hybridized carbons (Fsp3) is 0.250. The van der Waals surface area contributed by atoms with Crippen molar-refractivity contribution in [2.24, 2.45) is 5.92 Å². The molecular formula is C16H16ClF2N3O. The van der Waals surface area contributed by atoms with Crippen molar-refractivity contribution in [2.45, 2.75) is 13.3 Å². The molecule has 0 aliphatic heterocycles. The SMILES string of the molecule is CC(CNC(=O)c1cc(F)c(F)c(N)c1Cl)Cc1ccccn1. The van der Waals surface area contributed by atoms with Gasteiger partial charge in [0.15, 0.2) is 11.6 Å². The Bertz CT molecular complexity index is 710. The van der Waals surface area contributed by atoms with Gasteiger partial charge in [0.05, 0.1) is 16.3 Å². The summed E-state index contributed by atoms with van der Waals surface area (Å²) in [4.78, 5) is 16.3. The molecule has 0 aliphatic rings. The van der Waals surface area contributed by atoms with Crippen LogP contribution in [0.15, 0.2) is 30.5 Å². The zero-order valence-corrected chi connectivity index (χ0v) is 13.2. The van der Waals surface area contributed by atoms with E-state index in [1.807, 2.05) is 25.1 Å². The lowest BCUT2D eigenvalue weighted by Crippen LogP contribution is -2.29. The Morgan fingerprint density at radius 1 is 1.43 bits per heavy atom. The molecule has 23 heavy (non-hydrogen) atoms. The molecule has 0 aliphatic carbocycles. The first-order valence-electron chi connectivity index (χ1n) is 7.01. The molecule has 0 spiro atoms. The van der Waals surface area contributed by atoms with E-state index in [-0.39, 0.29) is 16.5 Å². The van der Waals surface area contributed by atoms with Crippen LogP contribution >= 0.6 is 11.6 Å². The molecule has 0 bridgehead atoms. The van der Waals surface area contributed by atoms with Crippen LogP contribution in [0.5, 0.6) is 0 Å². The van der Waals surface area contributed by atoms with Gasteiger partial charge >= 0.3 is 0 Å². The molecule has 1 aromatic carbocycles. The van der Waals surface area contributed by atoms with Gasteiger partial charge in [-0.2, -0.15) is 0 Å². The zero-order valence-electron chi connectivity index (χ0n) is 12.4. The highest BCUT2D eigenvalue weighted by molar-refractivity contribution is 6.36. The number of nitrogen functional groups attached to an aromatic ring is 1. The summed E-state index contributed by atoms with van der Waals surface area (Å²) in [5.74, 6) is -2.96. The lowest BCUT2D eigenvalue weighted by atomic mass is 10.0. The Kier molecular flexibility index (Phi) is 5.50. The molecule has 1 atom stereocenters. The quantitative estimate of drug-likeness (QED) is 0.649. The van der Waals surface area contributed by atoms with Crippen molar-refractivity contribution in [3.8, 4) is 0 Å². The van der Waals surface area contributed by atoms with E-state index in [0.717, 1.165) is 11.8 Å². The van der Waals surface area contributed by atoms with Crippen molar-refractivity contribution >= 4 is 23.2 Å². The van der Waals surface area contributed by atoms with Crippen LogP contribution in [0.3, 0.4) is 0 Å². The van der Waals surface area contributed by atoms with Crippen molar-refractivity contribution in [1.29, 1.82) is 0 Å². The largest absolute Gasteiger partial charge is 0.395 e. The second kappa shape index (κ2) is 7.37. The van der Waals surface area contributed by atoms with E-state index in [4.69, 9.17) is 17.3 Å². The van der Waals surface area contributed by atoms with Crippen LogP contribution in [0.25, 0.3) is 0 Å². The first-order valence-corrected chi connectivity index (χ1v) is 7.39. The maximum atomic E-state index is 13.4. The number of pyridine rings is 1. The van der Waals surface area contributed by atoms with Crippen molar-refractivity contribution in [3.63, 3.8) is 0 Å². The van der Waals surface area contributed by atoms with Crippen LogP contribution in [0.2, 0.25) is 5.02 Å². The van der Waals surface area contributed by atoms with Crippen molar-refractivity contribution < 1.29 is 13.6 Å². The summed E-state index contributed by atoms with van der Waals surface area (Å²) in [6, 6.07) is 6.35. The molecule has 0 fully saturated rings. The molecule has 2 rings (SSSR count). The molecule has 0 radical (unpaired) electrons. The second-order valence-corrected chi connectivity index (χ2v) is 5.67. The number of nitrogens with zero attached hydrogens (tertiary/aromatic N) is 1. The maximum Gasteiger partial charge on any atom is 0.252 e. The number of amides is 1. The number of halogens is 3. The third kappa shape index (κ3) is 4.16. The highest BCUT2D eigenvalue weighted by Gasteiger charge is 2.20. The molecule has 0 saturated carbocycles. The summed E-state index contributed by atoms with van der Waals surface area (Å²) < 4.78 is 26.6. The third-order valence-corrected chi connectivity index (χ3v) is 3.74. The molecule has 1 amide bonds. The van der Waals surface area contributed by atoms with Gasteiger partial charge in [0.25, 0.3) is 5.91 Å². The molecular weight excluding hydrogens is 324 g/mol. The van der Waals surface area contributed by atoms with Gasteiger partial charge in [0.1, 0.15) is 0 Å². The number of hydrogen-bond acceptors (Lipinski definition) is 3. The highest BCUT2D eigenvalue weighted by atomic mass is 35.5. The van der Waals surface area contributed by atoms with Crippen molar-refractivity contribution in [2.75, 3.05) is 12.3 Å². The molecule has 0 saturated heterocycles. The molecule has 4 nitrogen and oxygen atoms in total. The highest BCUT2D eigenvalue weighted by Crippen LogP contribution is 2.28. The number of carbonyl (C=O) groups is 1. The van der Waals surface area contributed by atoms with E-state index in [9.17, 15) is 13.6 Å². The van der Waals surface area contributed by atoms with Gasteiger partial charge < -0.3 is 11.1 Å². The van der Waals surface area contributed by atoms with E-state index < -0.39 is 23.2 Å². The lowest BCUT2D eigenvalue weighted by Gasteiger charge is -2.13. The standard InChI is InChI=1S/C16H16ClF2N3O/c1-9(6-10-4-2-3-5-21-10)8-22-16(23)11-7-12(18)14(19)15(20)13(11)17/h2-5,7,9H,6,8,20H2,1H3,(H,22,23). The average molecular weight is 340 g/mol. The third-order valence-electron chi connectivity index (χ3n) is 3.33. The van der Waals surface area contributed by atoms with Gasteiger partial charge in [-0.1, -0.05) is 24.6 Å².